The fraction of sp³-hybridized carbons (Fsp3) is 0.136. The van der Waals surface area contributed by atoms with Crippen LogP contribution in [0, 0.1) is 5.82 Å². The number of benzene rings is 2. The van der Waals surface area contributed by atoms with E-state index in [2.05, 4.69) is 17.9 Å². The van der Waals surface area contributed by atoms with Crippen LogP contribution in [-0.4, -0.2) is 31.1 Å². The van der Waals surface area contributed by atoms with Crippen molar-refractivity contribution in [2.45, 2.75) is 6.92 Å². The Bertz CT molecular complexity index is 1010. The highest BCUT2D eigenvalue weighted by Gasteiger charge is 2.15. The van der Waals surface area contributed by atoms with Gasteiger partial charge < -0.3 is 18.9 Å². The minimum absolute atomic E-state index is 0.0335. The minimum Gasteiger partial charge on any atom is -0.490 e. The zero-order chi connectivity index (χ0) is 23.0. The number of carbonyl (C=O) groups excluding carboxylic acids is 3. The molecule has 2 aromatic carbocycles. The average Bonchev–Trinajstić information content (AvgIpc) is 2.73. The van der Waals surface area contributed by atoms with Gasteiger partial charge in [-0.25, -0.2) is 18.8 Å². The molecule has 0 saturated carbocycles. The van der Waals surface area contributed by atoms with Crippen LogP contribution in [0.3, 0.4) is 0 Å². The standard InChI is InChI=1S/C22H18F2O7/c1-13(2)20(25)29-11-10-28-16-6-4-15(5-7-16)22(27)30-17-8-9-19(18(24)12-17)31-21(26)14(3)23/h4-9,12H,1,3,10-11H2,2H3. The summed E-state index contributed by atoms with van der Waals surface area (Å²) >= 11 is 0. The Balaban J connectivity index is 1.90. The van der Waals surface area contributed by atoms with E-state index < -0.39 is 35.3 Å². The van der Waals surface area contributed by atoms with Crippen molar-refractivity contribution in [2.24, 2.45) is 0 Å². The molecule has 0 aromatic heterocycles. The Labute approximate surface area is 176 Å². The molecule has 9 heteroatoms. The summed E-state index contributed by atoms with van der Waals surface area (Å²) in [6.07, 6.45) is 0. The fourth-order valence-electron chi connectivity index (χ4n) is 2.05. The third-order valence-corrected chi connectivity index (χ3v) is 3.56. The predicted octanol–water partition coefficient (Wildman–Crippen LogP) is 3.93. The van der Waals surface area contributed by atoms with E-state index in [1.165, 1.54) is 37.3 Å². The molecule has 0 unspecified atom stereocenters. The van der Waals surface area contributed by atoms with Gasteiger partial charge in [0.1, 0.15) is 24.7 Å². The van der Waals surface area contributed by atoms with Gasteiger partial charge in [-0.15, -0.1) is 0 Å². The molecule has 0 aliphatic heterocycles. The van der Waals surface area contributed by atoms with Crippen molar-refractivity contribution < 1.29 is 42.1 Å². The number of hydrogen-bond acceptors (Lipinski definition) is 7. The second-order valence-electron chi connectivity index (χ2n) is 6.07. The molecule has 162 valence electrons. The Hall–Kier alpha value is -4.01. The van der Waals surface area contributed by atoms with Gasteiger partial charge in [-0.3, -0.25) is 0 Å². The van der Waals surface area contributed by atoms with Gasteiger partial charge in [-0.1, -0.05) is 13.2 Å². The fourth-order valence-corrected chi connectivity index (χ4v) is 2.05. The van der Waals surface area contributed by atoms with E-state index in [0.29, 0.717) is 5.75 Å². The number of halogens is 2. The van der Waals surface area contributed by atoms with Crippen LogP contribution in [0.25, 0.3) is 0 Å². The van der Waals surface area contributed by atoms with Crippen molar-refractivity contribution in [1.82, 2.24) is 0 Å². The lowest BCUT2D eigenvalue weighted by atomic mass is 10.2. The maximum Gasteiger partial charge on any atom is 0.372 e. The number of hydrogen-bond donors (Lipinski definition) is 0. The summed E-state index contributed by atoms with van der Waals surface area (Å²) in [5.74, 6) is -5.40. The molecule has 0 atom stereocenters. The lowest BCUT2D eigenvalue weighted by Gasteiger charge is -2.09. The molecule has 0 amide bonds. The van der Waals surface area contributed by atoms with Crippen molar-refractivity contribution in [3.63, 3.8) is 0 Å². The van der Waals surface area contributed by atoms with Gasteiger partial charge in [-0.2, -0.15) is 4.39 Å². The first-order valence-corrected chi connectivity index (χ1v) is 8.81. The Morgan fingerprint density at radius 1 is 0.903 bits per heavy atom. The molecule has 0 N–H and O–H groups in total. The summed E-state index contributed by atoms with van der Waals surface area (Å²) in [7, 11) is 0. The molecule has 31 heavy (non-hydrogen) atoms. The third-order valence-electron chi connectivity index (χ3n) is 3.56. The summed E-state index contributed by atoms with van der Waals surface area (Å²) in [4.78, 5) is 34.5. The van der Waals surface area contributed by atoms with Gasteiger partial charge in [0, 0.05) is 11.6 Å². The van der Waals surface area contributed by atoms with Gasteiger partial charge in [-0.05, 0) is 43.3 Å². The summed E-state index contributed by atoms with van der Waals surface area (Å²) in [5.41, 5.74) is 0.440. The number of ether oxygens (including phenoxy) is 4. The number of rotatable bonds is 9. The highest BCUT2D eigenvalue weighted by atomic mass is 19.1. The molecular formula is C22H18F2O7. The van der Waals surface area contributed by atoms with Crippen LogP contribution in [0.5, 0.6) is 17.2 Å². The maximum absolute atomic E-state index is 13.9. The Morgan fingerprint density at radius 2 is 1.55 bits per heavy atom. The first kappa shape index (κ1) is 23.3. The first-order chi connectivity index (χ1) is 14.7. The highest BCUT2D eigenvalue weighted by Crippen LogP contribution is 2.24. The molecule has 0 spiro atoms. The SMILES string of the molecule is C=C(C)C(=O)OCCOc1ccc(C(=O)Oc2ccc(OC(=O)C(=C)F)c(F)c2)cc1. The topological polar surface area (TPSA) is 88.1 Å². The van der Waals surface area contributed by atoms with E-state index in [9.17, 15) is 23.2 Å². The van der Waals surface area contributed by atoms with E-state index in [1.807, 2.05) is 0 Å². The molecule has 0 fully saturated rings. The van der Waals surface area contributed by atoms with Gasteiger partial charge in [0.25, 0.3) is 0 Å². The van der Waals surface area contributed by atoms with E-state index in [1.54, 1.807) is 0 Å². The third kappa shape index (κ3) is 7.07. The van der Waals surface area contributed by atoms with Gasteiger partial charge >= 0.3 is 17.9 Å². The molecule has 0 aliphatic carbocycles. The monoisotopic (exact) mass is 432 g/mol. The van der Waals surface area contributed by atoms with Crippen LogP contribution in [-0.2, 0) is 14.3 Å². The smallest absolute Gasteiger partial charge is 0.372 e. The normalized spacial score (nSPS) is 10.0. The molecule has 2 aromatic rings. The van der Waals surface area contributed by atoms with E-state index in [0.717, 1.165) is 12.1 Å². The van der Waals surface area contributed by atoms with Crippen molar-refractivity contribution >= 4 is 17.9 Å². The van der Waals surface area contributed by atoms with Crippen molar-refractivity contribution in [2.75, 3.05) is 13.2 Å². The van der Waals surface area contributed by atoms with Crippen LogP contribution in [0.15, 0.2) is 67.0 Å². The van der Waals surface area contributed by atoms with Crippen LogP contribution in [0.2, 0.25) is 0 Å². The second kappa shape index (κ2) is 10.7. The Morgan fingerprint density at radius 3 is 2.13 bits per heavy atom. The van der Waals surface area contributed by atoms with Crippen LogP contribution in [0.4, 0.5) is 8.78 Å². The van der Waals surface area contributed by atoms with Crippen molar-refractivity contribution in [3.05, 3.63) is 78.4 Å². The number of carbonyl (C=O) groups is 3. The van der Waals surface area contributed by atoms with Gasteiger partial charge in [0.15, 0.2) is 11.6 Å². The molecule has 0 bridgehead atoms. The highest BCUT2D eigenvalue weighted by molar-refractivity contribution is 5.91. The zero-order valence-corrected chi connectivity index (χ0v) is 16.5. The molecule has 0 saturated heterocycles. The second-order valence-corrected chi connectivity index (χ2v) is 6.07. The van der Waals surface area contributed by atoms with Crippen molar-refractivity contribution in [3.8, 4) is 17.2 Å². The van der Waals surface area contributed by atoms with Crippen LogP contribution >= 0.6 is 0 Å². The molecule has 0 aliphatic rings. The quantitative estimate of drug-likeness (QED) is 0.257. The lowest BCUT2D eigenvalue weighted by Crippen LogP contribution is -2.12. The summed E-state index contributed by atoms with van der Waals surface area (Å²) in [6, 6.07) is 8.86. The minimum atomic E-state index is -1.43. The van der Waals surface area contributed by atoms with Crippen molar-refractivity contribution in [1.29, 1.82) is 0 Å². The molecule has 2 rings (SSSR count). The predicted molar refractivity (Wildman–Crippen MR) is 105 cm³/mol. The average molecular weight is 432 g/mol. The van der Waals surface area contributed by atoms with Crippen LogP contribution < -0.4 is 14.2 Å². The first-order valence-electron chi connectivity index (χ1n) is 8.81. The van der Waals surface area contributed by atoms with Gasteiger partial charge in [0.2, 0.25) is 5.83 Å². The Kier molecular flexibility index (Phi) is 8.01. The lowest BCUT2D eigenvalue weighted by molar-refractivity contribution is -0.139. The number of esters is 3. The molecule has 0 heterocycles. The molecular weight excluding hydrogens is 414 g/mol. The maximum atomic E-state index is 13.9. The summed E-state index contributed by atoms with van der Waals surface area (Å²) in [6.45, 7) is 7.87. The summed E-state index contributed by atoms with van der Waals surface area (Å²) < 4.78 is 46.4. The van der Waals surface area contributed by atoms with Crippen LogP contribution in [0.1, 0.15) is 17.3 Å². The largest absolute Gasteiger partial charge is 0.490 e. The van der Waals surface area contributed by atoms with E-state index in [-0.39, 0.29) is 30.1 Å². The van der Waals surface area contributed by atoms with E-state index >= 15 is 0 Å². The summed E-state index contributed by atoms with van der Waals surface area (Å²) in [5, 5.41) is 0. The zero-order valence-electron chi connectivity index (χ0n) is 16.5. The molecule has 7 nitrogen and oxygen atoms in total. The molecule has 0 radical (unpaired) electrons. The van der Waals surface area contributed by atoms with E-state index in [4.69, 9.17) is 14.2 Å². The van der Waals surface area contributed by atoms with Gasteiger partial charge in [0.05, 0.1) is 5.56 Å².